The zero-order valence-electron chi connectivity index (χ0n) is 27.0. The van der Waals surface area contributed by atoms with Crippen molar-refractivity contribution in [3.8, 4) is 6.07 Å². The summed E-state index contributed by atoms with van der Waals surface area (Å²) in [4.78, 5) is 39.6. The second-order valence-corrected chi connectivity index (χ2v) is 12.3. The van der Waals surface area contributed by atoms with Crippen molar-refractivity contribution in [3.63, 3.8) is 0 Å². The molecule has 50 heavy (non-hydrogen) atoms. The van der Waals surface area contributed by atoms with Crippen LogP contribution < -0.4 is 34.7 Å². The van der Waals surface area contributed by atoms with Crippen LogP contribution in [0.1, 0.15) is 36.5 Å². The van der Waals surface area contributed by atoms with E-state index >= 15 is 4.39 Å². The average Bonchev–Trinajstić information content (AvgIpc) is 3.58. The van der Waals surface area contributed by atoms with Crippen LogP contribution in [0.3, 0.4) is 0 Å². The van der Waals surface area contributed by atoms with Gasteiger partial charge in [0.15, 0.2) is 18.5 Å². The second-order valence-electron chi connectivity index (χ2n) is 10.6. The summed E-state index contributed by atoms with van der Waals surface area (Å²) in [6.07, 6.45) is 6.98. The maximum absolute atomic E-state index is 15.5. The first kappa shape index (κ1) is 40.4. The van der Waals surface area contributed by atoms with E-state index < -0.39 is 71.9 Å². The van der Waals surface area contributed by atoms with Crippen molar-refractivity contribution in [1.82, 2.24) is 14.8 Å². The molecule has 1 saturated heterocycles. The number of nitriles is 1. The van der Waals surface area contributed by atoms with Crippen LogP contribution in [0.15, 0.2) is 67.3 Å². The summed E-state index contributed by atoms with van der Waals surface area (Å²) >= 11 is 1.24. The van der Waals surface area contributed by atoms with Gasteiger partial charge in [-0.25, -0.2) is 27.6 Å². The maximum Gasteiger partial charge on any atom is 1.00 e. The molecule has 1 aliphatic rings. The second kappa shape index (κ2) is 19.4. The molecule has 0 aliphatic carbocycles. The molecule has 0 amide bonds. The summed E-state index contributed by atoms with van der Waals surface area (Å²) in [6.45, 7) is 0.782. The van der Waals surface area contributed by atoms with E-state index in [0.29, 0.717) is 11.6 Å². The van der Waals surface area contributed by atoms with Crippen LogP contribution in [-0.4, -0.2) is 69.3 Å². The van der Waals surface area contributed by atoms with E-state index in [1.165, 1.54) is 47.3 Å². The summed E-state index contributed by atoms with van der Waals surface area (Å²) in [5.41, 5.74) is -1.56. The number of hydrogen-bond donors (Lipinski definition) is 0. The quantitative estimate of drug-likeness (QED) is 0.119. The number of rotatable bonds is 15. The van der Waals surface area contributed by atoms with Crippen molar-refractivity contribution in [1.29, 1.82) is 5.26 Å². The molecule has 2 aromatic carbocycles. The first-order valence-electron chi connectivity index (χ1n) is 14.8. The Kier molecular flexibility index (Phi) is 15.7. The van der Waals surface area contributed by atoms with Crippen LogP contribution in [0.25, 0.3) is 6.08 Å². The Bertz CT molecular complexity index is 1730. The van der Waals surface area contributed by atoms with Crippen LogP contribution in [0.4, 0.5) is 13.2 Å². The number of carboxylic acids is 1. The Balaban J connectivity index is 0.00000676. The standard InChI is InChI=1S/C33H31F3N4O8S.Na/c1-21(49-25-15-46-32(47-16-25)5-3-2-4-23-7-6-22(14-37)12-27(23)35)33(18-40-20-38-19-39-40,26-9-8-24(34)13-28(26)36)48-31(44)17-45-30(43)11-10-29(41)42;/h2-9,12-13,19-21,25,32H,10-11,15-18H2,1H3,(H,41,42);/q;+1/p-1/t21-,25?,32?,33-;/m1./s1. The molecular formula is C33H30F3N4NaO8S. The number of carbonyl (C=O) groups excluding carboxylic acids is 3. The molecule has 0 bridgehead atoms. The number of nitrogens with zero attached hydrogens (tertiary/aromatic N) is 4. The average molecular weight is 723 g/mol. The number of ether oxygens (including phenoxy) is 4. The molecule has 3 aromatic rings. The van der Waals surface area contributed by atoms with Gasteiger partial charge < -0.3 is 28.8 Å². The number of carboxylic acid groups (broad SMARTS) is 1. The first-order chi connectivity index (χ1) is 23.5. The molecule has 17 heteroatoms. The van der Waals surface area contributed by atoms with Crippen LogP contribution >= 0.6 is 11.8 Å². The minimum Gasteiger partial charge on any atom is -0.550 e. The third-order valence-corrected chi connectivity index (χ3v) is 8.61. The Morgan fingerprint density at radius 1 is 1.12 bits per heavy atom. The molecule has 0 radical (unpaired) electrons. The molecule has 2 heterocycles. The molecule has 0 spiro atoms. The molecule has 4 rings (SSSR count). The van der Waals surface area contributed by atoms with Gasteiger partial charge in [-0.3, -0.25) is 4.79 Å². The largest absolute Gasteiger partial charge is 1.00 e. The third kappa shape index (κ3) is 11.5. The Morgan fingerprint density at radius 3 is 2.52 bits per heavy atom. The van der Waals surface area contributed by atoms with E-state index in [9.17, 15) is 28.3 Å². The summed E-state index contributed by atoms with van der Waals surface area (Å²) < 4.78 is 67.3. The van der Waals surface area contributed by atoms with Crippen molar-refractivity contribution in [3.05, 3.63) is 101 Å². The van der Waals surface area contributed by atoms with Crippen molar-refractivity contribution < 1.29 is 81.2 Å². The molecule has 0 saturated carbocycles. The van der Waals surface area contributed by atoms with Crippen molar-refractivity contribution in [2.24, 2.45) is 0 Å². The molecule has 0 unspecified atom stereocenters. The normalized spacial score (nSPS) is 17.7. The fraction of sp³-hybridized carbons (Fsp3) is 0.333. The number of aromatic nitrogens is 3. The van der Waals surface area contributed by atoms with Gasteiger partial charge in [0.05, 0.1) is 43.1 Å². The SMILES string of the molecule is C[C@@H](SC1COC(C=CC=Cc2ccc(C#N)cc2F)OC1)[C@@](Cn1cncn1)(OC(=O)COC(=O)CCC(=O)[O-])c1ccc(F)cc1F.[Na+]. The predicted molar refractivity (Wildman–Crippen MR) is 165 cm³/mol. The molecule has 1 aromatic heterocycles. The van der Waals surface area contributed by atoms with Crippen LogP contribution in [-0.2, 0) is 45.5 Å². The van der Waals surface area contributed by atoms with E-state index in [1.54, 1.807) is 25.2 Å². The minimum absolute atomic E-state index is 0. The van der Waals surface area contributed by atoms with Gasteiger partial charge in [0.1, 0.15) is 30.1 Å². The summed E-state index contributed by atoms with van der Waals surface area (Å²) in [5, 5.41) is 22.5. The van der Waals surface area contributed by atoms with Gasteiger partial charge in [-0.05, 0) is 43.7 Å². The van der Waals surface area contributed by atoms with Gasteiger partial charge in [0.25, 0.3) is 0 Å². The van der Waals surface area contributed by atoms with Gasteiger partial charge in [0.2, 0.25) is 0 Å². The first-order valence-corrected chi connectivity index (χ1v) is 15.7. The van der Waals surface area contributed by atoms with E-state index in [4.69, 9.17) is 24.2 Å². The zero-order valence-corrected chi connectivity index (χ0v) is 29.8. The maximum atomic E-state index is 15.5. The number of thioether (sulfide) groups is 1. The van der Waals surface area contributed by atoms with Gasteiger partial charge in [0, 0.05) is 28.4 Å². The van der Waals surface area contributed by atoms with E-state index in [2.05, 4.69) is 10.1 Å². The smallest absolute Gasteiger partial charge is 0.550 e. The number of benzene rings is 2. The summed E-state index contributed by atoms with van der Waals surface area (Å²) in [5.74, 6) is -5.97. The predicted octanol–water partition coefficient (Wildman–Crippen LogP) is 0.216. The Hall–Kier alpha value is -3.98. The van der Waals surface area contributed by atoms with Crippen LogP contribution in [0.5, 0.6) is 0 Å². The van der Waals surface area contributed by atoms with Crippen molar-refractivity contribution >= 4 is 35.7 Å². The number of esters is 2. The third-order valence-electron chi connectivity index (χ3n) is 7.16. The molecule has 12 nitrogen and oxygen atoms in total. The monoisotopic (exact) mass is 722 g/mol. The Labute approximate surface area is 311 Å². The number of halogens is 3. The van der Waals surface area contributed by atoms with Crippen molar-refractivity contribution in [2.45, 2.75) is 48.7 Å². The molecule has 258 valence electrons. The van der Waals surface area contributed by atoms with E-state index in [1.807, 2.05) is 6.07 Å². The van der Waals surface area contributed by atoms with Gasteiger partial charge in [-0.15, -0.1) is 11.8 Å². The number of allylic oxidation sites excluding steroid dienone is 2. The van der Waals surface area contributed by atoms with Crippen LogP contribution in [0, 0.1) is 28.8 Å². The summed E-state index contributed by atoms with van der Waals surface area (Å²) in [7, 11) is 0. The zero-order chi connectivity index (χ0) is 35.4. The van der Waals surface area contributed by atoms with Crippen molar-refractivity contribution in [2.75, 3.05) is 19.8 Å². The van der Waals surface area contributed by atoms with Crippen LogP contribution in [0.2, 0.25) is 0 Å². The minimum atomic E-state index is -1.87. The molecule has 1 fully saturated rings. The Morgan fingerprint density at radius 2 is 1.88 bits per heavy atom. The number of hydrogen-bond acceptors (Lipinski definition) is 12. The molecule has 0 N–H and O–H groups in total. The van der Waals surface area contributed by atoms with Gasteiger partial charge in [-0.2, -0.15) is 10.4 Å². The molecule has 2 atom stereocenters. The summed E-state index contributed by atoms with van der Waals surface area (Å²) in [6, 6.07) is 8.79. The van der Waals surface area contributed by atoms with Gasteiger partial charge in [-0.1, -0.05) is 24.3 Å². The molecular weight excluding hydrogens is 692 g/mol. The number of aliphatic carboxylic acids is 1. The topological polar surface area (TPSA) is 166 Å². The van der Waals surface area contributed by atoms with E-state index in [-0.39, 0.29) is 65.7 Å². The molecule has 1 aliphatic heterocycles. The fourth-order valence-electron chi connectivity index (χ4n) is 4.77. The van der Waals surface area contributed by atoms with Gasteiger partial charge >= 0.3 is 41.5 Å². The fourth-order valence-corrected chi connectivity index (χ4v) is 6.13. The van der Waals surface area contributed by atoms with E-state index in [0.717, 1.165) is 18.2 Å². The number of carbonyl (C=O) groups is 3.